The summed E-state index contributed by atoms with van der Waals surface area (Å²) in [6, 6.07) is 0.745. The molecule has 0 aromatic carbocycles. The Morgan fingerprint density at radius 2 is 2.44 bits per heavy atom. The highest BCUT2D eigenvalue weighted by Crippen LogP contribution is 2.23. The molecule has 1 unspecified atom stereocenters. The quantitative estimate of drug-likeness (QED) is 0.776. The highest BCUT2D eigenvalue weighted by Gasteiger charge is 2.24. The second-order valence-electron chi connectivity index (χ2n) is 4.40. The van der Waals surface area contributed by atoms with Gasteiger partial charge >= 0.3 is 0 Å². The van der Waals surface area contributed by atoms with Gasteiger partial charge in [-0.15, -0.1) is 0 Å². The lowest BCUT2D eigenvalue weighted by atomic mass is 10.1. The molecule has 0 amide bonds. The molecule has 5 heteroatoms. The zero-order valence-electron chi connectivity index (χ0n) is 9.77. The predicted molar refractivity (Wildman–Crippen MR) is 67.5 cm³/mol. The van der Waals surface area contributed by atoms with Gasteiger partial charge in [-0.3, -0.25) is 9.58 Å². The van der Waals surface area contributed by atoms with Crippen LogP contribution in [0.15, 0.2) is 6.33 Å². The van der Waals surface area contributed by atoms with E-state index in [2.05, 4.69) is 30.9 Å². The number of nitrogens with zero attached hydrogens (tertiary/aromatic N) is 4. The summed E-state index contributed by atoms with van der Waals surface area (Å²) in [5, 5.41) is 5.23. The summed E-state index contributed by atoms with van der Waals surface area (Å²) >= 11 is 3.50. The number of halogens is 1. The molecule has 16 heavy (non-hydrogen) atoms. The van der Waals surface area contributed by atoms with E-state index in [1.807, 2.05) is 11.7 Å². The fourth-order valence-electron chi connectivity index (χ4n) is 2.39. The van der Waals surface area contributed by atoms with E-state index in [4.69, 9.17) is 0 Å². The largest absolute Gasteiger partial charge is 0.293 e. The van der Waals surface area contributed by atoms with Crippen molar-refractivity contribution in [1.29, 1.82) is 0 Å². The molecule has 2 heterocycles. The van der Waals surface area contributed by atoms with Gasteiger partial charge in [0.05, 0.1) is 6.54 Å². The lowest BCUT2D eigenvalue weighted by molar-refractivity contribution is 0.225. The van der Waals surface area contributed by atoms with Gasteiger partial charge in [0.1, 0.15) is 12.2 Å². The molecule has 1 aliphatic heterocycles. The third-order valence-electron chi connectivity index (χ3n) is 3.32. The van der Waals surface area contributed by atoms with Crippen molar-refractivity contribution in [2.45, 2.75) is 38.3 Å². The molecule has 0 radical (unpaired) electrons. The van der Waals surface area contributed by atoms with Crippen molar-refractivity contribution in [3.05, 3.63) is 12.2 Å². The van der Waals surface area contributed by atoms with Gasteiger partial charge in [-0.05, 0) is 32.2 Å². The summed E-state index contributed by atoms with van der Waals surface area (Å²) < 4.78 is 1.87. The van der Waals surface area contributed by atoms with Crippen molar-refractivity contribution < 1.29 is 0 Å². The number of rotatable bonds is 5. The summed E-state index contributed by atoms with van der Waals surface area (Å²) in [6.45, 7) is 2.16. The smallest absolute Gasteiger partial charge is 0.140 e. The summed E-state index contributed by atoms with van der Waals surface area (Å²) in [5.41, 5.74) is 0. The second kappa shape index (κ2) is 5.77. The molecule has 1 saturated heterocycles. The van der Waals surface area contributed by atoms with Crippen LogP contribution in [0.5, 0.6) is 0 Å². The van der Waals surface area contributed by atoms with Crippen LogP contribution in [0.1, 0.15) is 31.5 Å². The van der Waals surface area contributed by atoms with Crippen LogP contribution in [0, 0.1) is 0 Å². The van der Waals surface area contributed by atoms with E-state index in [1.54, 1.807) is 6.33 Å². The van der Waals surface area contributed by atoms with Gasteiger partial charge in [0, 0.05) is 18.4 Å². The maximum atomic E-state index is 4.29. The molecule has 0 saturated carbocycles. The summed E-state index contributed by atoms with van der Waals surface area (Å²) in [4.78, 5) is 6.84. The monoisotopic (exact) mass is 286 g/mol. The number of likely N-dealkylation sites (tertiary alicyclic amines) is 1. The van der Waals surface area contributed by atoms with Gasteiger partial charge in [0.15, 0.2) is 0 Å². The van der Waals surface area contributed by atoms with Crippen LogP contribution in [0.25, 0.3) is 0 Å². The van der Waals surface area contributed by atoms with E-state index in [0.29, 0.717) is 0 Å². The van der Waals surface area contributed by atoms with Crippen LogP contribution < -0.4 is 0 Å². The van der Waals surface area contributed by atoms with Crippen LogP contribution >= 0.6 is 15.9 Å². The Morgan fingerprint density at radius 3 is 3.12 bits per heavy atom. The SMILES string of the molecule is Cn1ncnc1CN1CCCC1CCCBr. The van der Waals surface area contributed by atoms with Crippen molar-refractivity contribution in [3.63, 3.8) is 0 Å². The van der Waals surface area contributed by atoms with E-state index in [9.17, 15) is 0 Å². The highest BCUT2D eigenvalue weighted by molar-refractivity contribution is 9.09. The molecule has 2 rings (SSSR count). The zero-order valence-corrected chi connectivity index (χ0v) is 11.4. The predicted octanol–water partition coefficient (Wildman–Crippen LogP) is 1.95. The fourth-order valence-corrected chi connectivity index (χ4v) is 2.71. The number of aromatic nitrogens is 3. The molecule has 1 atom stereocenters. The molecule has 0 bridgehead atoms. The third kappa shape index (κ3) is 2.83. The Kier molecular flexibility index (Phi) is 4.35. The van der Waals surface area contributed by atoms with Crippen molar-refractivity contribution in [2.75, 3.05) is 11.9 Å². The van der Waals surface area contributed by atoms with Crippen LogP contribution in [0.4, 0.5) is 0 Å². The van der Waals surface area contributed by atoms with Crippen molar-refractivity contribution >= 4 is 15.9 Å². The van der Waals surface area contributed by atoms with E-state index in [1.165, 1.54) is 32.2 Å². The number of hydrogen-bond acceptors (Lipinski definition) is 3. The second-order valence-corrected chi connectivity index (χ2v) is 5.19. The topological polar surface area (TPSA) is 34.0 Å². The molecular formula is C11H19BrN4. The van der Waals surface area contributed by atoms with E-state index < -0.39 is 0 Å². The van der Waals surface area contributed by atoms with E-state index in [0.717, 1.165) is 23.7 Å². The third-order valence-corrected chi connectivity index (χ3v) is 3.88. The maximum absolute atomic E-state index is 4.29. The standard InChI is InChI=1S/C11H19BrN4/c1-15-11(13-9-14-15)8-16-7-3-5-10(16)4-2-6-12/h9-10H,2-8H2,1H3. The molecule has 1 aromatic rings. The van der Waals surface area contributed by atoms with Gasteiger partial charge in [-0.25, -0.2) is 4.98 Å². The molecule has 1 fully saturated rings. The first-order valence-corrected chi connectivity index (χ1v) is 7.06. The molecule has 0 spiro atoms. The minimum absolute atomic E-state index is 0.745. The van der Waals surface area contributed by atoms with Gasteiger partial charge < -0.3 is 0 Å². The minimum atomic E-state index is 0.745. The lowest BCUT2D eigenvalue weighted by Crippen LogP contribution is -2.30. The Bertz CT molecular complexity index is 326. The van der Waals surface area contributed by atoms with Crippen molar-refractivity contribution in [3.8, 4) is 0 Å². The summed E-state index contributed by atoms with van der Waals surface area (Å²) in [7, 11) is 1.96. The molecule has 1 aliphatic rings. The fraction of sp³-hybridized carbons (Fsp3) is 0.818. The average molecular weight is 287 g/mol. The summed E-state index contributed by atoms with van der Waals surface area (Å²) in [6.07, 6.45) is 6.86. The molecule has 0 aliphatic carbocycles. The first kappa shape index (κ1) is 12.0. The Morgan fingerprint density at radius 1 is 1.56 bits per heavy atom. The molecular weight excluding hydrogens is 268 g/mol. The zero-order chi connectivity index (χ0) is 11.4. The van der Waals surface area contributed by atoms with Gasteiger partial charge in [-0.1, -0.05) is 15.9 Å². The van der Waals surface area contributed by atoms with Gasteiger partial charge in [-0.2, -0.15) is 5.10 Å². The maximum Gasteiger partial charge on any atom is 0.140 e. The van der Waals surface area contributed by atoms with Crippen LogP contribution in [0.3, 0.4) is 0 Å². The molecule has 1 aromatic heterocycles. The molecule has 90 valence electrons. The summed E-state index contributed by atoms with van der Waals surface area (Å²) in [5.74, 6) is 1.07. The van der Waals surface area contributed by atoms with Crippen molar-refractivity contribution in [1.82, 2.24) is 19.7 Å². The lowest BCUT2D eigenvalue weighted by Gasteiger charge is -2.23. The first-order valence-electron chi connectivity index (χ1n) is 5.94. The van der Waals surface area contributed by atoms with E-state index in [-0.39, 0.29) is 0 Å². The highest BCUT2D eigenvalue weighted by atomic mass is 79.9. The van der Waals surface area contributed by atoms with Crippen LogP contribution in [-0.2, 0) is 13.6 Å². The molecule has 0 N–H and O–H groups in total. The van der Waals surface area contributed by atoms with E-state index >= 15 is 0 Å². The van der Waals surface area contributed by atoms with Gasteiger partial charge in [0.2, 0.25) is 0 Å². The average Bonchev–Trinajstić information content (AvgIpc) is 2.87. The number of alkyl halides is 1. The Labute approximate surface area is 105 Å². The van der Waals surface area contributed by atoms with Crippen molar-refractivity contribution in [2.24, 2.45) is 7.05 Å². The Balaban J connectivity index is 1.91. The normalized spacial score (nSPS) is 21.8. The van der Waals surface area contributed by atoms with Crippen LogP contribution in [0.2, 0.25) is 0 Å². The number of hydrogen-bond donors (Lipinski definition) is 0. The van der Waals surface area contributed by atoms with Gasteiger partial charge in [0.25, 0.3) is 0 Å². The first-order chi connectivity index (χ1) is 7.81. The minimum Gasteiger partial charge on any atom is -0.293 e. The van der Waals surface area contributed by atoms with Crippen LogP contribution in [-0.4, -0.2) is 37.6 Å². The number of aryl methyl sites for hydroxylation is 1. The molecule has 4 nitrogen and oxygen atoms in total. The Hall–Kier alpha value is -0.420.